The molecule has 9 heteroatoms. The Morgan fingerprint density at radius 3 is 2.50 bits per heavy atom. The largest absolute Gasteiger partial charge is 0.493 e. The van der Waals surface area contributed by atoms with Crippen LogP contribution in [0.5, 0.6) is 11.5 Å². The Hall–Kier alpha value is -1.49. The summed E-state index contributed by atoms with van der Waals surface area (Å²) in [5, 5.41) is 10.7. The highest BCUT2D eigenvalue weighted by molar-refractivity contribution is 14.0. The van der Waals surface area contributed by atoms with Crippen LogP contribution in [0, 0.1) is 0 Å². The van der Waals surface area contributed by atoms with Crippen LogP contribution in [0.3, 0.4) is 0 Å². The molecule has 0 saturated carbocycles. The molecule has 2 N–H and O–H groups in total. The summed E-state index contributed by atoms with van der Waals surface area (Å²) < 4.78 is 13.4. The van der Waals surface area contributed by atoms with E-state index in [1.807, 2.05) is 36.9 Å². The van der Waals surface area contributed by atoms with Crippen molar-refractivity contribution in [2.75, 3.05) is 20.8 Å². The van der Waals surface area contributed by atoms with Crippen molar-refractivity contribution in [3.63, 3.8) is 0 Å². The SMILES string of the molecule is CCNC(=NCc1cc(OC)c(OC)cc1Br)NCc1ccnn1C.I. The lowest BCUT2D eigenvalue weighted by Crippen LogP contribution is -2.37. The van der Waals surface area contributed by atoms with E-state index in [-0.39, 0.29) is 24.0 Å². The van der Waals surface area contributed by atoms with Gasteiger partial charge in [0.25, 0.3) is 0 Å². The number of benzene rings is 1. The number of hydrogen-bond donors (Lipinski definition) is 2. The fourth-order valence-electron chi connectivity index (χ4n) is 2.27. The molecule has 0 spiro atoms. The third-order valence-corrected chi connectivity index (χ3v) is 4.40. The number of ether oxygens (including phenoxy) is 2. The number of aliphatic imine (C=N–C) groups is 1. The van der Waals surface area contributed by atoms with Crippen molar-refractivity contribution in [3.05, 3.63) is 40.1 Å². The third-order valence-electron chi connectivity index (χ3n) is 3.66. The van der Waals surface area contributed by atoms with Gasteiger partial charge in [0, 0.05) is 24.3 Å². The summed E-state index contributed by atoms with van der Waals surface area (Å²) in [7, 11) is 5.16. The van der Waals surface area contributed by atoms with Gasteiger partial charge in [0.05, 0.1) is 33.0 Å². The molecule has 0 saturated heterocycles. The first-order valence-electron chi connectivity index (χ1n) is 7.98. The number of guanidine groups is 1. The van der Waals surface area contributed by atoms with Gasteiger partial charge in [-0.25, -0.2) is 4.99 Å². The first kappa shape index (κ1) is 22.6. The maximum Gasteiger partial charge on any atom is 0.191 e. The Balaban J connectivity index is 0.00000338. The summed E-state index contributed by atoms with van der Waals surface area (Å²) in [5.41, 5.74) is 2.09. The predicted octanol–water partition coefficient (Wildman–Crippen LogP) is 3.07. The molecule has 144 valence electrons. The molecule has 0 fully saturated rings. The van der Waals surface area contributed by atoms with Gasteiger partial charge in [-0.05, 0) is 30.7 Å². The van der Waals surface area contributed by atoms with E-state index in [2.05, 4.69) is 36.7 Å². The van der Waals surface area contributed by atoms with E-state index >= 15 is 0 Å². The second kappa shape index (κ2) is 11.3. The summed E-state index contributed by atoms with van der Waals surface area (Å²) in [5.74, 6) is 2.11. The van der Waals surface area contributed by atoms with Crippen molar-refractivity contribution in [2.24, 2.45) is 12.0 Å². The molecule has 0 amide bonds. The second-order valence-electron chi connectivity index (χ2n) is 5.29. The summed E-state index contributed by atoms with van der Waals surface area (Å²) in [6.07, 6.45) is 1.78. The molecule has 0 aliphatic rings. The maximum atomic E-state index is 5.36. The normalized spacial score (nSPS) is 10.9. The van der Waals surface area contributed by atoms with Crippen molar-refractivity contribution >= 4 is 45.9 Å². The molecule has 2 aromatic rings. The maximum absolute atomic E-state index is 5.36. The average molecular weight is 538 g/mol. The predicted molar refractivity (Wildman–Crippen MR) is 118 cm³/mol. The summed E-state index contributed by atoms with van der Waals surface area (Å²) in [6.45, 7) is 3.97. The molecular formula is C17H25BrIN5O2. The molecule has 1 aromatic heterocycles. The summed E-state index contributed by atoms with van der Waals surface area (Å²) in [6, 6.07) is 5.79. The van der Waals surface area contributed by atoms with Gasteiger partial charge in [0.2, 0.25) is 0 Å². The first-order chi connectivity index (χ1) is 12.1. The second-order valence-corrected chi connectivity index (χ2v) is 6.15. The van der Waals surface area contributed by atoms with Gasteiger partial charge >= 0.3 is 0 Å². The number of aryl methyl sites for hydroxylation is 1. The number of aromatic nitrogens is 2. The Morgan fingerprint density at radius 1 is 1.23 bits per heavy atom. The average Bonchev–Trinajstić information content (AvgIpc) is 3.02. The zero-order valence-electron chi connectivity index (χ0n) is 15.4. The summed E-state index contributed by atoms with van der Waals surface area (Å²) in [4.78, 5) is 4.64. The molecule has 0 aliphatic carbocycles. The Morgan fingerprint density at radius 2 is 1.92 bits per heavy atom. The van der Waals surface area contributed by atoms with E-state index in [0.717, 1.165) is 28.2 Å². The highest BCUT2D eigenvalue weighted by Crippen LogP contribution is 2.33. The smallest absolute Gasteiger partial charge is 0.191 e. The van der Waals surface area contributed by atoms with E-state index in [1.165, 1.54) is 0 Å². The van der Waals surface area contributed by atoms with Crippen LogP contribution in [0.2, 0.25) is 0 Å². The van der Waals surface area contributed by atoms with Gasteiger partial charge in [-0.3, -0.25) is 4.68 Å². The van der Waals surface area contributed by atoms with E-state index in [4.69, 9.17) is 9.47 Å². The van der Waals surface area contributed by atoms with Crippen LogP contribution in [-0.2, 0) is 20.1 Å². The molecule has 1 heterocycles. The highest BCUT2D eigenvalue weighted by atomic mass is 127. The molecule has 26 heavy (non-hydrogen) atoms. The van der Waals surface area contributed by atoms with Gasteiger partial charge in [-0.1, -0.05) is 15.9 Å². The lowest BCUT2D eigenvalue weighted by Gasteiger charge is -2.13. The van der Waals surface area contributed by atoms with Gasteiger partial charge in [-0.2, -0.15) is 5.10 Å². The quantitative estimate of drug-likeness (QED) is 0.322. The molecule has 0 radical (unpaired) electrons. The van der Waals surface area contributed by atoms with Crippen LogP contribution < -0.4 is 20.1 Å². The molecule has 2 rings (SSSR count). The van der Waals surface area contributed by atoms with Crippen molar-refractivity contribution in [1.29, 1.82) is 0 Å². The number of nitrogens with zero attached hydrogens (tertiary/aromatic N) is 3. The van der Waals surface area contributed by atoms with E-state index < -0.39 is 0 Å². The zero-order valence-corrected chi connectivity index (χ0v) is 19.3. The number of methoxy groups -OCH3 is 2. The van der Waals surface area contributed by atoms with Gasteiger partial charge in [0.1, 0.15) is 0 Å². The van der Waals surface area contributed by atoms with E-state index in [9.17, 15) is 0 Å². The number of hydrogen-bond acceptors (Lipinski definition) is 4. The van der Waals surface area contributed by atoms with Crippen molar-refractivity contribution < 1.29 is 9.47 Å². The number of rotatable bonds is 7. The molecule has 0 atom stereocenters. The van der Waals surface area contributed by atoms with Crippen LogP contribution in [0.15, 0.2) is 33.9 Å². The highest BCUT2D eigenvalue weighted by Gasteiger charge is 2.10. The van der Waals surface area contributed by atoms with Crippen LogP contribution in [-0.4, -0.2) is 36.5 Å². The van der Waals surface area contributed by atoms with Crippen molar-refractivity contribution in [1.82, 2.24) is 20.4 Å². The fraction of sp³-hybridized carbons (Fsp3) is 0.412. The Kier molecular flexibility index (Phi) is 9.78. The monoisotopic (exact) mass is 537 g/mol. The van der Waals surface area contributed by atoms with E-state index in [1.54, 1.807) is 20.4 Å². The van der Waals surface area contributed by atoms with Crippen molar-refractivity contribution in [3.8, 4) is 11.5 Å². The van der Waals surface area contributed by atoms with Crippen LogP contribution >= 0.6 is 39.9 Å². The lowest BCUT2D eigenvalue weighted by atomic mass is 10.2. The number of halogens is 2. The van der Waals surface area contributed by atoms with Crippen molar-refractivity contribution in [2.45, 2.75) is 20.0 Å². The lowest BCUT2D eigenvalue weighted by molar-refractivity contribution is 0.354. The van der Waals surface area contributed by atoms with Gasteiger partial charge < -0.3 is 20.1 Å². The third kappa shape index (κ3) is 6.04. The van der Waals surface area contributed by atoms with Crippen LogP contribution in [0.1, 0.15) is 18.2 Å². The van der Waals surface area contributed by atoms with Crippen LogP contribution in [0.25, 0.3) is 0 Å². The van der Waals surface area contributed by atoms with Gasteiger partial charge in [-0.15, -0.1) is 24.0 Å². The zero-order chi connectivity index (χ0) is 18.2. The Labute approximate surface area is 179 Å². The molecule has 0 unspecified atom stereocenters. The molecule has 1 aromatic carbocycles. The van der Waals surface area contributed by atoms with E-state index in [0.29, 0.717) is 24.6 Å². The summed E-state index contributed by atoms with van der Waals surface area (Å²) >= 11 is 3.56. The fourth-order valence-corrected chi connectivity index (χ4v) is 2.72. The molecule has 0 aliphatic heterocycles. The molecule has 0 bridgehead atoms. The minimum Gasteiger partial charge on any atom is -0.493 e. The molecular weight excluding hydrogens is 513 g/mol. The Bertz CT molecular complexity index is 736. The first-order valence-corrected chi connectivity index (χ1v) is 8.77. The molecule has 7 nitrogen and oxygen atoms in total. The minimum atomic E-state index is 0. The minimum absolute atomic E-state index is 0. The van der Waals surface area contributed by atoms with Crippen LogP contribution in [0.4, 0.5) is 0 Å². The standard InChI is InChI=1S/C17H24BrN5O2.HI/c1-5-19-17(21-11-13-6-7-22-23(13)2)20-10-12-8-15(24-3)16(25-4)9-14(12)18;/h6-9H,5,10-11H2,1-4H3,(H2,19,20,21);1H. The van der Waals surface area contributed by atoms with Gasteiger partial charge in [0.15, 0.2) is 17.5 Å². The topological polar surface area (TPSA) is 72.7 Å². The number of nitrogens with one attached hydrogen (secondary N) is 2.